The molecule has 0 bridgehead atoms. The van der Waals surface area contributed by atoms with Gasteiger partial charge in [0.1, 0.15) is 12.1 Å². The molecule has 5 aromatic rings. The highest BCUT2D eigenvalue weighted by molar-refractivity contribution is 6.32. The van der Waals surface area contributed by atoms with E-state index in [-0.39, 0.29) is 5.91 Å². The minimum atomic E-state index is -0.227. The molecule has 0 atom stereocenters. The summed E-state index contributed by atoms with van der Waals surface area (Å²) in [4.78, 5) is 26.1. The fourth-order valence-electron chi connectivity index (χ4n) is 4.18. The zero-order valence-corrected chi connectivity index (χ0v) is 21.5. The third kappa shape index (κ3) is 5.10. The summed E-state index contributed by atoms with van der Waals surface area (Å²) in [6, 6.07) is 17.0. The fraction of sp³-hybridized carbons (Fsp3) is 0.143. The number of anilines is 3. The molecule has 0 saturated heterocycles. The number of hydrogen-bond donors (Lipinski definition) is 3. The molecule has 37 heavy (non-hydrogen) atoms. The van der Waals surface area contributed by atoms with E-state index in [9.17, 15) is 4.79 Å². The zero-order valence-electron chi connectivity index (χ0n) is 20.7. The third-order valence-electron chi connectivity index (χ3n) is 6.15. The van der Waals surface area contributed by atoms with Crippen molar-refractivity contribution in [1.82, 2.24) is 19.5 Å². The Kier molecular flexibility index (Phi) is 6.74. The van der Waals surface area contributed by atoms with Gasteiger partial charge in [0.2, 0.25) is 0 Å². The molecule has 2 heterocycles. The second-order valence-electron chi connectivity index (χ2n) is 8.71. The SMILES string of the molecule is CNc1ncnc2c(CNc3cc(NC(=O)c4ccc(Cl)c(-n5cnc(C)c5)c4)ccc3C)cccc12. The number of carbonyl (C=O) groups excluding carboxylic acids is 1. The number of amides is 1. The summed E-state index contributed by atoms with van der Waals surface area (Å²) in [6.07, 6.45) is 5.11. The van der Waals surface area contributed by atoms with E-state index in [0.29, 0.717) is 28.5 Å². The lowest BCUT2D eigenvalue weighted by atomic mass is 10.1. The molecule has 0 aliphatic rings. The molecule has 1 amide bonds. The standard InChI is InChI=1S/C28H26ClN7O/c1-17-7-9-21(35-28(37)19-8-10-23(29)25(11-19)36-14-18(2)34-16-36)12-24(17)31-13-20-5-4-6-22-26(20)32-15-33-27(22)30-3/h4-12,14-16,31H,13H2,1-3H3,(H,35,37)(H,30,32,33). The van der Waals surface area contributed by atoms with Gasteiger partial charge in [0.15, 0.2) is 0 Å². The Bertz CT molecular complexity index is 1610. The molecule has 3 N–H and O–H groups in total. The van der Waals surface area contributed by atoms with Crippen LogP contribution in [-0.4, -0.2) is 32.5 Å². The van der Waals surface area contributed by atoms with Crippen LogP contribution in [0.5, 0.6) is 0 Å². The molecule has 5 rings (SSSR count). The van der Waals surface area contributed by atoms with E-state index in [1.807, 2.05) is 63.5 Å². The Balaban J connectivity index is 1.34. The van der Waals surface area contributed by atoms with Crippen molar-refractivity contribution in [2.24, 2.45) is 0 Å². The molecular weight excluding hydrogens is 486 g/mol. The van der Waals surface area contributed by atoms with Crippen molar-refractivity contribution < 1.29 is 4.79 Å². The van der Waals surface area contributed by atoms with Crippen LogP contribution in [0.1, 0.15) is 27.2 Å². The lowest BCUT2D eigenvalue weighted by Gasteiger charge is -2.14. The van der Waals surface area contributed by atoms with Gasteiger partial charge in [-0.15, -0.1) is 0 Å². The molecule has 3 aromatic carbocycles. The number of benzene rings is 3. The quantitative estimate of drug-likeness (QED) is 0.248. The minimum Gasteiger partial charge on any atom is -0.381 e. The summed E-state index contributed by atoms with van der Waals surface area (Å²) < 4.78 is 1.81. The number of fused-ring (bicyclic) bond motifs is 1. The number of rotatable bonds is 7. The molecule has 0 saturated carbocycles. The van der Waals surface area contributed by atoms with Crippen LogP contribution in [0.25, 0.3) is 16.6 Å². The van der Waals surface area contributed by atoms with Crippen molar-refractivity contribution in [3.63, 3.8) is 0 Å². The second kappa shape index (κ2) is 10.3. The van der Waals surface area contributed by atoms with Crippen molar-refractivity contribution in [3.05, 3.63) is 101 Å². The fourth-order valence-corrected chi connectivity index (χ4v) is 4.39. The molecular formula is C28H26ClN7O. The maximum atomic E-state index is 13.1. The topological polar surface area (TPSA) is 96.8 Å². The first kappa shape index (κ1) is 24.3. The third-order valence-corrected chi connectivity index (χ3v) is 6.47. The van der Waals surface area contributed by atoms with Crippen molar-refractivity contribution in [1.29, 1.82) is 0 Å². The summed E-state index contributed by atoms with van der Waals surface area (Å²) >= 11 is 6.38. The molecule has 0 aliphatic heterocycles. The van der Waals surface area contributed by atoms with Crippen LogP contribution in [0, 0.1) is 13.8 Å². The summed E-state index contributed by atoms with van der Waals surface area (Å²) in [5.74, 6) is 0.566. The van der Waals surface area contributed by atoms with Crippen molar-refractivity contribution >= 4 is 45.6 Å². The first-order valence-electron chi connectivity index (χ1n) is 11.8. The maximum Gasteiger partial charge on any atom is 0.255 e. The number of halogens is 1. The molecule has 2 aromatic heterocycles. The number of nitrogens with one attached hydrogen (secondary N) is 3. The molecule has 0 spiro atoms. The van der Waals surface area contributed by atoms with Crippen LogP contribution in [-0.2, 0) is 6.54 Å². The van der Waals surface area contributed by atoms with Gasteiger partial charge in [-0.3, -0.25) is 4.79 Å². The first-order chi connectivity index (χ1) is 17.9. The van der Waals surface area contributed by atoms with Gasteiger partial charge in [0, 0.05) is 42.1 Å². The van der Waals surface area contributed by atoms with E-state index in [1.54, 1.807) is 35.4 Å². The molecule has 0 radical (unpaired) electrons. The summed E-state index contributed by atoms with van der Waals surface area (Å²) in [5, 5.41) is 11.1. The predicted molar refractivity (Wildman–Crippen MR) is 149 cm³/mol. The number of aromatic nitrogens is 4. The molecule has 8 nitrogen and oxygen atoms in total. The predicted octanol–water partition coefficient (Wildman–Crippen LogP) is 5.99. The Morgan fingerprint density at radius 3 is 2.68 bits per heavy atom. The molecule has 186 valence electrons. The monoisotopic (exact) mass is 511 g/mol. The van der Waals surface area contributed by atoms with Gasteiger partial charge in [0.25, 0.3) is 5.91 Å². The van der Waals surface area contributed by atoms with Crippen LogP contribution in [0.2, 0.25) is 5.02 Å². The summed E-state index contributed by atoms with van der Waals surface area (Å²) in [6.45, 7) is 4.50. The molecule has 0 aliphatic carbocycles. The number of nitrogens with zero attached hydrogens (tertiary/aromatic N) is 4. The van der Waals surface area contributed by atoms with Crippen LogP contribution < -0.4 is 16.0 Å². The van der Waals surface area contributed by atoms with Crippen LogP contribution in [0.3, 0.4) is 0 Å². The largest absolute Gasteiger partial charge is 0.381 e. The summed E-state index contributed by atoms with van der Waals surface area (Å²) in [5.41, 5.74) is 6.67. The summed E-state index contributed by atoms with van der Waals surface area (Å²) in [7, 11) is 1.85. The van der Waals surface area contributed by atoms with Crippen LogP contribution in [0.15, 0.2) is 73.4 Å². The Morgan fingerprint density at radius 1 is 1.03 bits per heavy atom. The van der Waals surface area contributed by atoms with Gasteiger partial charge in [-0.05, 0) is 61.4 Å². The molecule has 0 fully saturated rings. The smallest absolute Gasteiger partial charge is 0.255 e. The van der Waals surface area contributed by atoms with Gasteiger partial charge in [-0.25, -0.2) is 15.0 Å². The Hall–Kier alpha value is -4.43. The average Bonchev–Trinajstić information content (AvgIpc) is 3.34. The number of aryl methyl sites for hydroxylation is 2. The Labute approximate surface area is 219 Å². The highest BCUT2D eigenvalue weighted by Crippen LogP contribution is 2.26. The maximum absolute atomic E-state index is 13.1. The first-order valence-corrected chi connectivity index (χ1v) is 12.2. The van der Waals surface area contributed by atoms with Crippen molar-refractivity contribution in [2.45, 2.75) is 20.4 Å². The van der Waals surface area contributed by atoms with Gasteiger partial charge >= 0.3 is 0 Å². The van der Waals surface area contributed by atoms with Crippen LogP contribution >= 0.6 is 11.6 Å². The second-order valence-corrected chi connectivity index (χ2v) is 9.12. The van der Waals surface area contributed by atoms with Gasteiger partial charge in [-0.1, -0.05) is 29.8 Å². The highest BCUT2D eigenvalue weighted by atomic mass is 35.5. The van der Waals surface area contributed by atoms with E-state index < -0.39 is 0 Å². The van der Waals surface area contributed by atoms with E-state index in [1.165, 1.54) is 0 Å². The average molecular weight is 512 g/mol. The van der Waals surface area contributed by atoms with E-state index in [2.05, 4.69) is 30.9 Å². The highest BCUT2D eigenvalue weighted by Gasteiger charge is 2.13. The normalized spacial score (nSPS) is 10.9. The minimum absolute atomic E-state index is 0.227. The van der Waals surface area contributed by atoms with E-state index >= 15 is 0 Å². The lowest BCUT2D eigenvalue weighted by Crippen LogP contribution is -2.13. The van der Waals surface area contributed by atoms with Gasteiger partial charge in [0.05, 0.1) is 28.2 Å². The van der Waals surface area contributed by atoms with E-state index in [4.69, 9.17) is 11.6 Å². The molecule has 9 heteroatoms. The van der Waals surface area contributed by atoms with Crippen molar-refractivity contribution in [2.75, 3.05) is 23.0 Å². The van der Waals surface area contributed by atoms with Crippen molar-refractivity contribution in [3.8, 4) is 5.69 Å². The van der Waals surface area contributed by atoms with Gasteiger partial charge in [-0.2, -0.15) is 0 Å². The van der Waals surface area contributed by atoms with Gasteiger partial charge < -0.3 is 20.5 Å². The number of para-hydroxylation sites is 1. The Morgan fingerprint density at radius 2 is 1.89 bits per heavy atom. The lowest BCUT2D eigenvalue weighted by molar-refractivity contribution is 0.102. The number of imidazole rings is 1. The number of carbonyl (C=O) groups is 1. The number of hydrogen-bond acceptors (Lipinski definition) is 6. The molecule has 0 unspecified atom stereocenters. The van der Waals surface area contributed by atoms with E-state index in [0.717, 1.165) is 39.2 Å². The van der Waals surface area contributed by atoms with Crippen LogP contribution in [0.4, 0.5) is 17.2 Å². The zero-order chi connectivity index (χ0) is 25.9.